The van der Waals surface area contributed by atoms with E-state index in [1.807, 2.05) is 13.0 Å². The largest absolute Gasteiger partial charge is 0.467 e. The summed E-state index contributed by atoms with van der Waals surface area (Å²) in [5, 5.41) is 9.24. The number of furan rings is 1. The van der Waals surface area contributed by atoms with Crippen LogP contribution in [0.4, 0.5) is 0 Å². The molecule has 0 atom stereocenters. The molecule has 0 aliphatic heterocycles. The zero-order valence-corrected chi connectivity index (χ0v) is 17.2. The van der Waals surface area contributed by atoms with Crippen LogP contribution in [0, 0.1) is 0 Å². The SMILES string of the molecule is CCNC(=NCC(=O)NCc1ccco1)NCCC1=CCCCC1.I. The first-order chi connectivity index (χ1) is 11.8. The Morgan fingerprint density at radius 3 is 2.84 bits per heavy atom. The Balaban J connectivity index is 0.00000312. The van der Waals surface area contributed by atoms with Crippen molar-refractivity contribution in [2.75, 3.05) is 19.6 Å². The minimum absolute atomic E-state index is 0. The van der Waals surface area contributed by atoms with E-state index in [2.05, 4.69) is 27.0 Å². The maximum absolute atomic E-state index is 11.8. The molecule has 0 aromatic carbocycles. The van der Waals surface area contributed by atoms with Gasteiger partial charge in [-0.1, -0.05) is 11.6 Å². The Morgan fingerprint density at radius 2 is 2.16 bits per heavy atom. The number of amides is 1. The quantitative estimate of drug-likeness (QED) is 0.241. The molecular formula is C18H29IN4O2. The molecule has 6 nitrogen and oxygen atoms in total. The predicted octanol–water partition coefficient (Wildman–Crippen LogP) is 2.96. The number of aliphatic imine (C=N–C) groups is 1. The van der Waals surface area contributed by atoms with Crippen molar-refractivity contribution in [2.45, 2.75) is 45.6 Å². The van der Waals surface area contributed by atoms with E-state index in [0.29, 0.717) is 12.5 Å². The van der Waals surface area contributed by atoms with Gasteiger partial charge in [-0.3, -0.25) is 4.79 Å². The minimum atomic E-state index is -0.126. The fourth-order valence-corrected chi connectivity index (χ4v) is 2.62. The van der Waals surface area contributed by atoms with Gasteiger partial charge in [0.05, 0.1) is 12.8 Å². The fourth-order valence-electron chi connectivity index (χ4n) is 2.62. The molecule has 1 amide bonds. The molecule has 0 saturated heterocycles. The monoisotopic (exact) mass is 460 g/mol. The smallest absolute Gasteiger partial charge is 0.242 e. The van der Waals surface area contributed by atoms with E-state index < -0.39 is 0 Å². The third-order valence-electron chi connectivity index (χ3n) is 3.89. The summed E-state index contributed by atoms with van der Waals surface area (Å²) in [5.74, 6) is 1.29. The van der Waals surface area contributed by atoms with Crippen molar-refractivity contribution >= 4 is 35.8 Å². The van der Waals surface area contributed by atoms with Crippen LogP contribution in [-0.4, -0.2) is 31.5 Å². The summed E-state index contributed by atoms with van der Waals surface area (Å²) < 4.78 is 5.18. The molecule has 0 radical (unpaired) electrons. The Kier molecular flexibility index (Phi) is 11.0. The third kappa shape index (κ3) is 8.94. The molecule has 7 heteroatoms. The first-order valence-corrected chi connectivity index (χ1v) is 8.77. The van der Waals surface area contributed by atoms with Crippen LogP contribution in [0.3, 0.4) is 0 Å². The number of rotatable bonds is 8. The number of halogens is 1. The van der Waals surface area contributed by atoms with Gasteiger partial charge in [0.15, 0.2) is 5.96 Å². The summed E-state index contributed by atoms with van der Waals surface area (Å²) in [4.78, 5) is 16.2. The second kappa shape index (κ2) is 12.8. The highest BCUT2D eigenvalue weighted by molar-refractivity contribution is 14.0. The zero-order chi connectivity index (χ0) is 17.0. The average molecular weight is 460 g/mol. The van der Waals surface area contributed by atoms with Gasteiger partial charge in [0.25, 0.3) is 0 Å². The van der Waals surface area contributed by atoms with Crippen LogP contribution in [0.2, 0.25) is 0 Å². The number of carbonyl (C=O) groups is 1. The Labute approximate surface area is 166 Å². The lowest BCUT2D eigenvalue weighted by molar-refractivity contribution is -0.119. The van der Waals surface area contributed by atoms with Gasteiger partial charge in [0.2, 0.25) is 5.91 Å². The fraction of sp³-hybridized carbons (Fsp3) is 0.556. The Hall–Kier alpha value is -1.51. The number of nitrogens with one attached hydrogen (secondary N) is 3. The van der Waals surface area contributed by atoms with Crippen LogP contribution in [0.1, 0.15) is 44.8 Å². The van der Waals surface area contributed by atoms with E-state index in [1.165, 1.54) is 31.3 Å². The van der Waals surface area contributed by atoms with Gasteiger partial charge in [-0.25, -0.2) is 4.99 Å². The molecule has 3 N–H and O–H groups in total. The lowest BCUT2D eigenvalue weighted by atomic mass is 9.97. The van der Waals surface area contributed by atoms with Gasteiger partial charge >= 0.3 is 0 Å². The highest BCUT2D eigenvalue weighted by atomic mass is 127. The summed E-state index contributed by atoms with van der Waals surface area (Å²) in [7, 11) is 0. The lowest BCUT2D eigenvalue weighted by Gasteiger charge is -2.15. The van der Waals surface area contributed by atoms with Crippen molar-refractivity contribution in [2.24, 2.45) is 4.99 Å². The van der Waals surface area contributed by atoms with E-state index in [0.717, 1.165) is 25.3 Å². The van der Waals surface area contributed by atoms with Crippen LogP contribution >= 0.6 is 24.0 Å². The molecule has 1 heterocycles. The first kappa shape index (κ1) is 21.5. The molecule has 25 heavy (non-hydrogen) atoms. The van der Waals surface area contributed by atoms with Crippen LogP contribution in [0.15, 0.2) is 39.5 Å². The highest BCUT2D eigenvalue weighted by Gasteiger charge is 2.05. The third-order valence-corrected chi connectivity index (χ3v) is 3.89. The standard InChI is InChI=1S/C18H28N4O2.HI/c1-2-19-18(20-11-10-15-7-4-3-5-8-15)22-14-17(23)21-13-16-9-6-12-24-16;/h6-7,9,12H,2-5,8,10-11,13-14H2,1H3,(H,21,23)(H2,19,20,22);1H. The lowest BCUT2D eigenvalue weighted by Crippen LogP contribution is -2.39. The molecule has 0 saturated carbocycles. The van der Waals surface area contributed by atoms with Gasteiger partial charge in [0.1, 0.15) is 12.3 Å². The van der Waals surface area contributed by atoms with Gasteiger partial charge in [-0.15, -0.1) is 24.0 Å². The molecule has 1 aliphatic rings. The number of nitrogens with zero attached hydrogens (tertiary/aromatic N) is 1. The van der Waals surface area contributed by atoms with Gasteiger partial charge < -0.3 is 20.4 Å². The van der Waals surface area contributed by atoms with Crippen LogP contribution in [-0.2, 0) is 11.3 Å². The molecule has 2 rings (SSSR count). The second-order valence-corrected chi connectivity index (χ2v) is 5.84. The first-order valence-electron chi connectivity index (χ1n) is 8.77. The van der Waals surface area contributed by atoms with E-state index in [-0.39, 0.29) is 36.4 Å². The predicted molar refractivity (Wildman–Crippen MR) is 111 cm³/mol. The minimum Gasteiger partial charge on any atom is -0.467 e. The average Bonchev–Trinajstić information content (AvgIpc) is 3.12. The number of allylic oxidation sites excluding steroid dienone is 1. The molecule has 0 unspecified atom stereocenters. The summed E-state index contributed by atoms with van der Waals surface area (Å²) in [6.45, 7) is 4.10. The summed E-state index contributed by atoms with van der Waals surface area (Å²) in [6.07, 6.45) is 10.0. The van der Waals surface area contributed by atoms with Gasteiger partial charge in [-0.05, 0) is 51.2 Å². The van der Waals surface area contributed by atoms with Crippen molar-refractivity contribution in [3.63, 3.8) is 0 Å². The van der Waals surface area contributed by atoms with Gasteiger partial charge in [0, 0.05) is 13.1 Å². The molecule has 0 bridgehead atoms. The van der Waals surface area contributed by atoms with Crippen LogP contribution in [0.25, 0.3) is 0 Å². The van der Waals surface area contributed by atoms with E-state index in [1.54, 1.807) is 12.3 Å². The highest BCUT2D eigenvalue weighted by Crippen LogP contribution is 2.19. The zero-order valence-electron chi connectivity index (χ0n) is 14.8. The molecule has 1 aromatic rings. The van der Waals surface area contributed by atoms with Crippen LogP contribution < -0.4 is 16.0 Å². The summed E-state index contributed by atoms with van der Waals surface area (Å²) >= 11 is 0. The van der Waals surface area contributed by atoms with Crippen molar-refractivity contribution < 1.29 is 9.21 Å². The van der Waals surface area contributed by atoms with Crippen molar-refractivity contribution in [1.82, 2.24) is 16.0 Å². The summed E-state index contributed by atoms with van der Waals surface area (Å²) in [6, 6.07) is 3.63. The molecule has 1 aliphatic carbocycles. The maximum Gasteiger partial charge on any atom is 0.242 e. The molecule has 0 fully saturated rings. The number of guanidine groups is 1. The van der Waals surface area contributed by atoms with Crippen molar-refractivity contribution in [1.29, 1.82) is 0 Å². The van der Waals surface area contributed by atoms with Gasteiger partial charge in [-0.2, -0.15) is 0 Å². The molecule has 140 valence electrons. The van der Waals surface area contributed by atoms with E-state index >= 15 is 0 Å². The Morgan fingerprint density at radius 1 is 1.28 bits per heavy atom. The Bertz CT molecular complexity index is 555. The molecule has 1 aromatic heterocycles. The summed E-state index contributed by atoms with van der Waals surface area (Å²) in [5.41, 5.74) is 1.53. The van der Waals surface area contributed by atoms with Crippen LogP contribution in [0.5, 0.6) is 0 Å². The molecular weight excluding hydrogens is 431 g/mol. The van der Waals surface area contributed by atoms with Crippen molar-refractivity contribution in [3.8, 4) is 0 Å². The normalized spacial score (nSPS) is 14.3. The number of carbonyl (C=O) groups excluding carboxylic acids is 1. The second-order valence-electron chi connectivity index (χ2n) is 5.84. The van der Waals surface area contributed by atoms with E-state index in [4.69, 9.17) is 4.42 Å². The molecule has 0 spiro atoms. The maximum atomic E-state index is 11.8. The van der Waals surface area contributed by atoms with E-state index in [9.17, 15) is 4.79 Å². The topological polar surface area (TPSA) is 78.7 Å². The number of hydrogen-bond donors (Lipinski definition) is 3. The van der Waals surface area contributed by atoms with Crippen molar-refractivity contribution in [3.05, 3.63) is 35.8 Å². The number of hydrogen-bond acceptors (Lipinski definition) is 3.